The zero-order chi connectivity index (χ0) is 13.7. The molecule has 0 atom stereocenters. The van der Waals surface area contributed by atoms with Crippen molar-refractivity contribution in [2.75, 3.05) is 25.6 Å². The Morgan fingerprint density at radius 3 is 3.05 bits per heavy atom. The Labute approximate surface area is 109 Å². The Hall–Kier alpha value is -2.15. The fraction of sp³-hybridized carbons (Fsp3) is 0.417. The minimum Gasteiger partial charge on any atom is -0.423 e. The van der Waals surface area contributed by atoms with Crippen LogP contribution in [0.25, 0.3) is 11.1 Å². The van der Waals surface area contributed by atoms with E-state index in [1.165, 1.54) is 12.1 Å². The highest BCUT2D eigenvalue weighted by atomic mass is 16.6. The Morgan fingerprint density at radius 2 is 2.32 bits per heavy atom. The molecule has 0 aliphatic carbocycles. The van der Waals surface area contributed by atoms with E-state index in [2.05, 4.69) is 10.3 Å². The van der Waals surface area contributed by atoms with Gasteiger partial charge in [0, 0.05) is 26.3 Å². The number of hydrogen-bond donors (Lipinski definition) is 1. The molecular weight excluding hydrogens is 250 g/mol. The second-order valence-corrected chi connectivity index (χ2v) is 4.05. The summed E-state index contributed by atoms with van der Waals surface area (Å²) < 4.78 is 10.4. The predicted molar refractivity (Wildman–Crippen MR) is 70.3 cm³/mol. The lowest BCUT2D eigenvalue weighted by atomic mass is 10.3. The fourth-order valence-corrected chi connectivity index (χ4v) is 1.67. The number of oxazole rings is 1. The van der Waals surface area contributed by atoms with Crippen LogP contribution in [0.5, 0.6) is 0 Å². The largest absolute Gasteiger partial charge is 0.423 e. The summed E-state index contributed by atoms with van der Waals surface area (Å²) in [5.41, 5.74) is 1.01. The van der Waals surface area contributed by atoms with Crippen LogP contribution in [0.2, 0.25) is 0 Å². The fourth-order valence-electron chi connectivity index (χ4n) is 1.67. The van der Waals surface area contributed by atoms with Crippen LogP contribution in [0.1, 0.15) is 12.8 Å². The molecule has 19 heavy (non-hydrogen) atoms. The van der Waals surface area contributed by atoms with Crippen molar-refractivity contribution in [3.63, 3.8) is 0 Å². The number of benzene rings is 1. The molecule has 7 heteroatoms. The van der Waals surface area contributed by atoms with Gasteiger partial charge in [-0.3, -0.25) is 10.1 Å². The molecular formula is C12H15N3O4. The van der Waals surface area contributed by atoms with Crippen LogP contribution in [0.3, 0.4) is 0 Å². The smallest absolute Gasteiger partial charge is 0.295 e. The highest BCUT2D eigenvalue weighted by Crippen LogP contribution is 2.23. The molecule has 1 N–H and O–H groups in total. The number of nitrogens with zero attached hydrogens (tertiary/aromatic N) is 2. The van der Waals surface area contributed by atoms with E-state index >= 15 is 0 Å². The molecule has 102 valence electrons. The number of methoxy groups -OCH3 is 1. The zero-order valence-corrected chi connectivity index (χ0v) is 10.6. The Bertz CT molecular complexity index is 567. The molecule has 0 saturated carbocycles. The molecule has 7 nitrogen and oxygen atoms in total. The zero-order valence-electron chi connectivity index (χ0n) is 10.6. The number of fused-ring (bicyclic) bond motifs is 1. The first kappa shape index (κ1) is 13.3. The summed E-state index contributed by atoms with van der Waals surface area (Å²) in [6.07, 6.45) is 1.89. The van der Waals surface area contributed by atoms with Gasteiger partial charge in [0.15, 0.2) is 5.58 Å². The molecule has 0 amide bonds. The van der Waals surface area contributed by atoms with Gasteiger partial charge in [0.05, 0.1) is 11.0 Å². The van der Waals surface area contributed by atoms with Gasteiger partial charge in [-0.15, -0.1) is 0 Å². The van der Waals surface area contributed by atoms with Crippen molar-refractivity contribution in [3.8, 4) is 0 Å². The van der Waals surface area contributed by atoms with Gasteiger partial charge in [-0.2, -0.15) is 4.98 Å². The van der Waals surface area contributed by atoms with Crippen LogP contribution in [-0.4, -0.2) is 30.2 Å². The van der Waals surface area contributed by atoms with Crippen molar-refractivity contribution in [3.05, 3.63) is 28.3 Å². The molecule has 0 saturated heterocycles. The number of aromatic nitrogens is 1. The van der Waals surface area contributed by atoms with Crippen LogP contribution in [0, 0.1) is 10.1 Å². The molecule has 0 aliphatic rings. The van der Waals surface area contributed by atoms with Crippen molar-refractivity contribution < 1.29 is 14.1 Å². The second kappa shape index (κ2) is 6.14. The van der Waals surface area contributed by atoms with E-state index < -0.39 is 4.92 Å². The van der Waals surface area contributed by atoms with Crippen LogP contribution in [-0.2, 0) is 4.74 Å². The van der Waals surface area contributed by atoms with Gasteiger partial charge in [0.25, 0.3) is 11.7 Å². The first-order chi connectivity index (χ1) is 9.20. The van der Waals surface area contributed by atoms with Crippen molar-refractivity contribution >= 4 is 22.8 Å². The summed E-state index contributed by atoms with van der Waals surface area (Å²) in [6, 6.07) is 4.74. The lowest BCUT2D eigenvalue weighted by Crippen LogP contribution is -2.02. The molecule has 0 bridgehead atoms. The van der Waals surface area contributed by atoms with E-state index in [1.807, 2.05) is 0 Å². The SMILES string of the molecule is COCCCCNc1nc2ccc([N+](=O)[O-])cc2o1. The maximum atomic E-state index is 10.6. The molecule has 0 fully saturated rings. The molecule has 2 aromatic rings. The van der Waals surface area contributed by atoms with Crippen molar-refractivity contribution in [2.24, 2.45) is 0 Å². The Kier molecular flexibility index (Phi) is 4.30. The first-order valence-corrected chi connectivity index (χ1v) is 5.98. The number of nitrogens with one attached hydrogen (secondary N) is 1. The van der Waals surface area contributed by atoms with E-state index in [-0.39, 0.29) is 5.69 Å². The molecule has 0 radical (unpaired) electrons. The third kappa shape index (κ3) is 3.41. The topological polar surface area (TPSA) is 90.4 Å². The molecule has 1 aromatic carbocycles. The van der Waals surface area contributed by atoms with Gasteiger partial charge in [-0.1, -0.05) is 0 Å². The summed E-state index contributed by atoms with van der Waals surface area (Å²) in [5.74, 6) is 0. The number of unbranched alkanes of at least 4 members (excludes halogenated alkanes) is 1. The highest BCUT2D eigenvalue weighted by molar-refractivity contribution is 5.77. The third-order valence-electron chi connectivity index (χ3n) is 2.63. The minimum atomic E-state index is -0.459. The maximum absolute atomic E-state index is 10.6. The van der Waals surface area contributed by atoms with E-state index in [9.17, 15) is 10.1 Å². The first-order valence-electron chi connectivity index (χ1n) is 5.98. The van der Waals surface area contributed by atoms with Gasteiger partial charge in [-0.25, -0.2) is 0 Å². The average molecular weight is 265 g/mol. The summed E-state index contributed by atoms with van der Waals surface area (Å²) in [4.78, 5) is 14.4. The molecule has 0 aliphatic heterocycles. The lowest BCUT2D eigenvalue weighted by molar-refractivity contribution is -0.384. The monoisotopic (exact) mass is 265 g/mol. The van der Waals surface area contributed by atoms with E-state index in [1.54, 1.807) is 13.2 Å². The summed E-state index contributed by atoms with van der Waals surface area (Å²) in [6.45, 7) is 1.44. The number of ether oxygens (including phenoxy) is 1. The number of hydrogen-bond acceptors (Lipinski definition) is 6. The molecule has 0 unspecified atom stereocenters. The summed E-state index contributed by atoms with van der Waals surface area (Å²) in [7, 11) is 1.67. The summed E-state index contributed by atoms with van der Waals surface area (Å²) in [5, 5.41) is 13.7. The van der Waals surface area contributed by atoms with Gasteiger partial charge >= 0.3 is 0 Å². The van der Waals surface area contributed by atoms with Gasteiger partial charge in [-0.05, 0) is 18.9 Å². The van der Waals surface area contributed by atoms with E-state index in [0.717, 1.165) is 26.0 Å². The summed E-state index contributed by atoms with van der Waals surface area (Å²) >= 11 is 0. The van der Waals surface area contributed by atoms with Crippen LogP contribution in [0.15, 0.2) is 22.6 Å². The molecule has 1 heterocycles. The Morgan fingerprint density at radius 1 is 1.47 bits per heavy atom. The highest BCUT2D eigenvalue weighted by Gasteiger charge is 2.11. The van der Waals surface area contributed by atoms with Gasteiger partial charge < -0.3 is 14.5 Å². The minimum absolute atomic E-state index is 0.00436. The van der Waals surface area contributed by atoms with Crippen molar-refractivity contribution in [2.45, 2.75) is 12.8 Å². The number of nitro benzene ring substituents is 1. The van der Waals surface area contributed by atoms with Crippen molar-refractivity contribution in [1.82, 2.24) is 4.98 Å². The number of non-ortho nitro benzene ring substituents is 1. The predicted octanol–water partition coefficient (Wildman–Crippen LogP) is 2.57. The second-order valence-electron chi connectivity index (χ2n) is 4.05. The number of rotatable bonds is 7. The molecule has 1 aromatic heterocycles. The van der Waals surface area contributed by atoms with E-state index in [4.69, 9.17) is 9.15 Å². The van der Waals surface area contributed by atoms with Crippen LogP contribution < -0.4 is 5.32 Å². The normalized spacial score (nSPS) is 10.8. The maximum Gasteiger partial charge on any atom is 0.295 e. The quantitative estimate of drug-likeness (QED) is 0.470. The van der Waals surface area contributed by atoms with Gasteiger partial charge in [0.2, 0.25) is 0 Å². The standard InChI is InChI=1S/C12H15N3O4/c1-18-7-3-2-6-13-12-14-10-5-4-9(15(16)17)8-11(10)19-12/h4-5,8H,2-3,6-7H2,1H3,(H,13,14). The lowest BCUT2D eigenvalue weighted by Gasteiger charge is -2.00. The average Bonchev–Trinajstić information content (AvgIpc) is 2.80. The van der Waals surface area contributed by atoms with Crippen LogP contribution in [0.4, 0.5) is 11.7 Å². The third-order valence-corrected chi connectivity index (χ3v) is 2.63. The van der Waals surface area contributed by atoms with Crippen LogP contribution >= 0.6 is 0 Å². The van der Waals surface area contributed by atoms with E-state index in [0.29, 0.717) is 17.1 Å². The Balaban J connectivity index is 1.99. The van der Waals surface area contributed by atoms with Crippen molar-refractivity contribution in [1.29, 1.82) is 0 Å². The number of nitro groups is 1. The molecule has 2 rings (SSSR count). The number of anilines is 1. The van der Waals surface area contributed by atoms with Gasteiger partial charge in [0.1, 0.15) is 5.52 Å². The molecule has 0 spiro atoms.